The summed E-state index contributed by atoms with van der Waals surface area (Å²) in [4.78, 5) is 38.2. The van der Waals surface area contributed by atoms with Crippen molar-refractivity contribution in [1.82, 2.24) is 0 Å². The van der Waals surface area contributed by atoms with Crippen LogP contribution in [0.4, 0.5) is 0 Å². The van der Waals surface area contributed by atoms with Crippen LogP contribution >= 0.6 is 0 Å². The van der Waals surface area contributed by atoms with Crippen LogP contribution in [0.5, 0.6) is 0 Å². The average molecular weight is 982 g/mol. The van der Waals surface area contributed by atoms with Crippen LogP contribution in [0.3, 0.4) is 0 Å². The van der Waals surface area contributed by atoms with Gasteiger partial charge < -0.3 is 14.2 Å². The lowest BCUT2D eigenvalue weighted by atomic mass is 10.1. The highest BCUT2D eigenvalue weighted by molar-refractivity contribution is 5.71. The van der Waals surface area contributed by atoms with Gasteiger partial charge in [0.05, 0.1) is 0 Å². The van der Waals surface area contributed by atoms with Crippen molar-refractivity contribution in [3.05, 3.63) is 134 Å². The van der Waals surface area contributed by atoms with Crippen molar-refractivity contribution >= 4 is 17.9 Å². The highest BCUT2D eigenvalue weighted by Gasteiger charge is 2.19. The van der Waals surface area contributed by atoms with E-state index in [9.17, 15) is 14.4 Å². The summed E-state index contributed by atoms with van der Waals surface area (Å²) in [6, 6.07) is 0. The molecule has 0 N–H and O–H groups in total. The first-order chi connectivity index (χ1) is 35.0. The fourth-order valence-corrected chi connectivity index (χ4v) is 7.43. The number of unbranched alkanes of at least 4 members (excludes halogenated alkanes) is 21. The van der Waals surface area contributed by atoms with Gasteiger partial charge in [-0.05, 0) is 103 Å². The van der Waals surface area contributed by atoms with Crippen LogP contribution in [0.15, 0.2) is 134 Å². The van der Waals surface area contributed by atoms with Crippen LogP contribution < -0.4 is 0 Å². The zero-order valence-electron chi connectivity index (χ0n) is 45.7. The number of carbonyl (C=O) groups is 3. The Kier molecular flexibility index (Phi) is 54.5. The Hall–Kier alpha value is -4.45. The molecule has 6 nitrogen and oxygen atoms in total. The van der Waals surface area contributed by atoms with Gasteiger partial charge in [-0.3, -0.25) is 14.4 Å². The first-order valence-corrected chi connectivity index (χ1v) is 28.8. The van der Waals surface area contributed by atoms with E-state index in [1.165, 1.54) is 96.3 Å². The van der Waals surface area contributed by atoms with E-state index in [0.29, 0.717) is 12.8 Å². The SMILES string of the molecule is CC/C=C\C/C=C\C/C=C\C/C=C\C/C=C\CCC(=O)OCC(COC(=O)CCCCCCCCCCCC/C=C\C=C/CCCCC)OC(=O)CCCCCCC\C=C/C=C\C=C/C=C\CCCCC. The van der Waals surface area contributed by atoms with Gasteiger partial charge in [0.25, 0.3) is 0 Å². The van der Waals surface area contributed by atoms with Crippen LogP contribution in [0, 0.1) is 0 Å². The maximum absolute atomic E-state index is 12.9. The van der Waals surface area contributed by atoms with Crippen LogP contribution in [-0.2, 0) is 28.6 Å². The minimum Gasteiger partial charge on any atom is -0.462 e. The van der Waals surface area contributed by atoms with Crippen LogP contribution in [0.2, 0.25) is 0 Å². The summed E-state index contributed by atoms with van der Waals surface area (Å²) in [5.74, 6) is -1.03. The molecule has 0 heterocycles. The van der Waals surface area contributed by atoms with E-state index in [-0.39, 0.29) is 44.0 Å². The Labute approximate surface area is 436 Å². The Bertz CT molecular complexity index is 1550. The summed E-state index contributed by atoms with van der Waals surface area (Å²) in [6.45, 7) is 6.37. The maximum atomic E-state index is 12.9. The van der Waals surface area contributed by atoms with E-state index in [2.05, 4.69) is 142 Å². The molecule has 1 atom stereocenters. The summed E-state index contributed by atoms with van der Waals surface area (Å²) < 4.78 is 16.8. The second kappa shape index (κ2) is 58.1. The van der Waals surface area contributed by atoms with Crippen molar-refractivity contribution in [3.63, 3.8) is 0 Å². The summed E-state index contributed by atoms with van der Waals surface area (Å²) in [7, 11) is 0. The summed E-state index contributed by atoms with van der Waals surface area (Å²) in [6.07, 6.45) is 81.6. The van der Waals surface area contributed by atoms with E-state index in [4.69, 9.17) is 14.2 Å². The minimum atomic E-state index is -0.828. The van der Waals surface area contributed by atoms with E-state index in [1.807, 2.05) is 12.2 Å². The minimum absolute atomic E-state index is 0.117. The fourth-order valence-electron chi connectivity index (χ4n) is 7.43. The number of hydrogen-bond donors (Lipinski definition) is 0. The van der Waals surface area contributed by atoms with Crippen molar-refractivity contribution in [2.45, 2.75) is 245 Å². The van der Waals surface area contributed by atoms with Crippen molar-refractivity contribution < 1.29 is 28.6 Å². The number of hydrogen-bond acceptors (Lipinski definition) is 6. The van der Waals surface area contributed by atoms with E-state index >= 15 is 0 Å². The third-order valence-corrected chi connectivity index (χ3v) is 11.7. The first kappa shape index (κ1) is 66.6. The summed E-state index contributed by atoms with van der Waals surface area (Å²) >= 11 is 0. The predicted octanol–water partition coefficient (Wildman–Crippen LogP) is 19.4. The lowest BCUT2D eigenvalue weighted by molar-refractivity contribution is -0.166. The largest absolute Gasteiger partial charge is 0.462 e. The van der Waals surface area contributed by atoms with E-state index < -0.39 is 6.10 Å². The van der Waals surface area contributed by atoms with Gasteiger partial charge in [0.2, 0.25) is 0 Å². The highest BCUT2D eigenvalue weighted by Crippen LogP contribution is 2.14. The highest BCUT2D eigenvalue weighted by atomic mass is 16.6. The van der Waals surface area contributed by atoms with Gasteiger partial charge >= 0.3 is 17.9 Å². The predicted molar refractivity (Wildman–Crippen MR) is 306 cm³/mol. The number of ether oxygens (including phenoxy) is 3. The van der Waals surface area contributed by atoms with Crippen LogP contribution in [-0.4, -0.2) is 37.2 Å². The molecular formula is C65H104O6. The number of rotatable bonds is 50. The Balaban J connectivity index is 4.55. The molecule has 0 rings (SSSR count). The maximum Gasteiger partial charge on any atom is 0.306 e. The van der Waals surface area contributed by atoms with Crippen molar-refractivity contribution in [3.8, 4) is 0 Å². The van der Waals surface area contributed by atoms with E-state index in [0.717, 1.165) is 96.3 Å². The zero-order chi connectivity index (χ0) is 51.4. The molecule has 0 aliphatic carbocycles. The molecule has 0 aliphatic rings. The normalized spacial score (nSPS) is 13.1. The molecule has 0 bridgehead atoms. The molecule has 0 saturated carbocycles. The molecule has 0 aliphatic heterocycles. The monoisotopic (exact) mass is 981 g/mol. The average Bonchev–Trinajstić information content (AvgIpc) is 3.37. The molecule has 0 aromatic heterocycles. The molecule has 1 unspecified atom stereocenters. The zero-order valence-corrected chi connectivity index (χ0v) is 45.7. The molecule has 0 fully saturated rings. The quantitative estimate of drug-likeness (QED) is 0.0199. The fraction of sp³-hybridized carbons (Fsp3) is 0.615. The Morgan fingerprint density at radius 1 is 0.310 bits per heavy atom. The Morgan fingerprint density at radius 2 is 0.634 bits per heavy atom. The standard InChI is InChI=1S/C65H104O6/c1-4-7-10-13-16-19-22-25-28-31-33-35-37-40-43-46-49-52-55-58-64(67)70-61-62(60-69-63(66)57-54-51-48-45-42-39-36-30-27-24-21-18-15-12-9-6-3)71-65(68)59-56-53-50-47-44-41-38-34-32-29-26-23-20-17-14-11-8-5-2/h9,12,16-23,25-27,29-30,32,34,38-39,42,48,51,62H,4-8,10-11,13-15,24,28,31,33,35-37,40-41,43-47,49-50,52-61H2,1-3H3/b12-9-,19-16-,20-17-,21-18-,25-22-,26-23-,30-27-,32-29-,38-34-,42-39-,51-48-. The van der Waals surface area contributed by atoms with Crippen molar-refractivity contribution in [2.24, 2.45) is 0 Å². The third-order valence-electron chi connectivity index (χ3n) is 11.7. The molecule has 6 heteroatoms. The molecule has 0 aromatic carbocycles. The van der Waals surface area contributed by atoms with Crippen LogP contribution in [0.1, 0.15) is 239 Å². The van der Waals surface area contributed by atoms with Gasteiger partial charge in [-0.1, -0.05) is 251 Å². The van der Waals surface area contributed by atoms with Gasteiger partial charge in [0.15, 0.2) is 6.10 Å². The van der Waals surface area contributed by atoms with Gasteiger partial charge in [-0.25, -0.2) is 0 Å². The number of esters is 3. The van der Waals surface area contributed by atoms with Gasteiger partial charge in [-0.15, -0.1) is 0 Å². The lowest BCUT2D eigenvalue weighted by Crippen LogP contribution is -2.30. The Morgan fingerprint density at radius 3 is 1.06 bits per heavy atom. The summed E-state index contributed by atoms with van der Waals surface area (Å²) in [5.41, 5.74) is 0. The lowest BCUT2D eigenvalue weighted by Gasteiger charge is -2.18. The molecular weight excluding hydrogens is 877 g/mol. The first-order valence-electron chi connectivity index (χ1n) is 28.8. The molecule has 0 saturated heterocycles. The molecule has 0 aromatic rings. The molecule has 0 amide bonds. The molecule has 0 spiro atoms. The second-order valence-electron chi connectivity index (χ2n) is 18.6. The summed E-state index contributed by atoms with van der Waals surface area (Å²) in [5, 5.41) is 0. The molecule has 71 heavy (non-hydrogen) atoms. The van der Waals surface area contributed by atoms with Gasteiger partial charge in [-0.2, -0.15) is 0 Å². The topological polar surface area (TPSA) is 78.9 Å². The molecule has 400 valence electrons. The van der Waals surface area contributed by atoms with Gasteiger partial charge in [0, 0.05) is 19.3 Å². The number of carbonyl (C=O) groups excluding carboxylic acids is 3. The van der Waals surface area contributed by atoms with Crippen molar-refractivity contribution in [1.29, 1.82) is 0 Å². The van der Waals surface area contributed by atoms with Crippen LogP contribution in [0.25, 0.3) is 0 Å². The van der Waals surface area contributed by atoms with Gasteiger partial charge in [0.1, 0.15) is 13.2 Å². The second-order valence-corrected chi connectivity index (χ2v) is 18.6. The van der Waals surface area contributed by atoms with Crippen molar-refractivity contribution in [2.75, 3.05) is 13.2 Å². The molecule has 0 radical (unpaired) electrons. The third kappa shape index (κ3) is 56.3. The van der Waals surface area contributed by atoms with E-state index in [1.54, 1.807) is 0 Å². The smallest absolute Gasteiger partial charge is 0.306 e. The number of allylic oxidation sites excluding steroid dienone is 22.